The van der Waals surface area contributed by atoms with Crippen molar-refractivity contribution in [1.29, 1.82) is 0 Å². The summed E-state index contributed by atoms with van der Waals surface area (Å²) in [5, 5.41) is 6.01. The van der Waals surface area contributed by atoms with E-state index in [0.717, 1.165) is 22.2 Å². The van der Waals surface area contributed by atoms with Gasteiger partial charge in [0.25, 0.3) is 0 Å². The smallest absolute Gasteiger partial charge is 0.228 e. The van der Waals surface area contributed by atoms with Gasteiger partial charge in [-0.05, 0) is 23.9 Å². The van der Waals surface area contributed by atoms with Crippen molar-refractivity contribution in [2.45, 2.75) is 25.8 Å². The molecule has 98 valence electrons. The second kappa shape index (κ2) is 5.07. The molecule has 1 atom stereocenters. The summed E-state index contributed by atoms with van der Waals surface area (Å²) >= 11 is 1.65. The molecule has 3 rings (SSSR count). The lowest BCUT2D eigenvalue weighted by molar-refractivity contribution is 0.368. The number of fused-ring (bicyclic) bond motifs is 1. The molecule has 6 heteroatoms. The molecule has 3 aromatic heterocycles. The molecule has 0 radical (unpaired) electrons. The van der Waals surface area contributed by atoms with Crippen LogP contribution >= 0.6 is 11.3 Å². The quantitative estimate of drug-likeness (QED) is 0.791. The molecule has 19 heavy (non-hydrogen) atoms. The van der Waals surface area contributed by atoms with Crippen LogP contribution in [0.4, 0.5) is 0 Å². The van der Waals surface area contributed by atoms with Gasteiger partial charge in [-0.15, -0.1) is 11.3 Å². The Labute approximate surface area is 114 Å². The van der Waals surface area contributed by atoms with Gasteiger partial charge < -0.3 is 10.3 Å². The topological polar surface area (TPSA) is 77.8 Å². The van der Waals surface area contributed by atoms with Gasteiger partial charge in [0, 0.05) is 24.2 Å². The Morgan fingerprint density at radius 1 is 1.47 bits per heavy atom. The summed E-state index contributed by atoms with van der Waals surface area (Å²) < 4.78 is 6.34. The fraction of sp³-hybridized carbons (Fsp3) is 0.308. The van der Waals surface area contributed by atoms with Gasteiger partial charge in [-0.25, -0.2) is 0 Å². The molecule has 3 aromatic rings. The minimum absolute atomic E-state index is 0.0613. The molecular weight excluding hydrogens is 260 g/mol. The zero-order valence-corrected chi connectivity index (χ0v) is 11.4. The highest BCUT2D eigenvalue weighted by atomic mass is 32.1. The van der Waals surface area contributed by atoms with Gasteiger partial charge in [-0.3, -0.25) is 4.98 Å². The fourth-order valence-electron chi connectivity index (χ4n) is 1.79. The van der Waals surface area contributed by atoms with E-state index in [2.05, 4.69) is 15.1 Å². The molecule has 0 aliphatic carbocycles. The number of rotatable bonds is 4. The Bertz CT molecular complexity index is 691. The maximum atomic E-state index is 5.87. The Morgan fingerprint density at radius 3 is 3.21 bits per heavy atom. The van der Waals surface area contributed by atoms with E-state index in [0.29, 0.717) is 18.1 Å². The SMILES string of the molecule is CCC(N)Cc1nc(-c2cnc3ccsc3c2)no1. The summed E-state index contributed by atoms with van der Waals surface area (Å²) in [5.41, 5.74) is 7.74. The standard InChI is InChI=1S/C13H14N4OS/c1-2-9(14)6-12-16-13(17-18-12)8-5-11-10(15-7-8)3-4-19-11/h3-5,7,9H,2,6,14H2,1H3. The molecule has 0 amide bonds. The van der Waals surface area contributed by atoms with E-state index in [1.54, 1.807) is 17.5 Å². The largest absolute Gasteiger partial charge is 0.339 e. The summed E-state index contributed by atoms with van der Waals surface area (Å²) in [7, 11) is 0. The third kappa shape index (κ3) is 2.50. The Kier molecular flexibility index (Phi) is 3.27. The van der Waals surface area contributed by atoms with Crippen LogP contribution in [0.2, 0.25) is 0 Å². The summed E-state index contributed by atoms with van der Waals surface area (Å²) in [6.45, 7) is 2.04. The number of pyridine rings is 1. The summed E-state index contributed by atoms with van der Waals surface area (Å²) in [6, 6.07) is 4.08. The van der Waals surface area contributed by atoms with Gasteiger partial charge in [0.05, 0.1) is 10.2 Å². The van der Waals surface area contributed by atoms with Gasteiger partial charge in [-0.2, -0.15) is 4.98 Å². The van der Waals surface area contributed by atoms with Gasteiger partial charge in [0.2, 0.25) is 11.7 Å². The average Bonchev–Trinajstić information content (AvgIpc) is 3.05. The van der Waals surface area contributed by atoms with Crippen molar-refractivity contribution in [2.75, 3.05) is 0 Å². The Morgan fingerprint density at radius 2 is 2.37 bits per heavy atom. The molecule has 0 spiro atoms. The van der Waals surface area contributed by atoms with Crippen LogP contribution in [-0.2, 0) is 6.42 Å². The highest BCUT2D eigenvalue weighted by Crippen LogP contribution is 2.24. The average molecular weight is 274 g/mol. The lowest BCUT2D eigenvalue weighted by Gasteiger charge is -2.02. The second-order valence-electron chi connectivity index (χ2n) is 4.41. The van der Waals surface area contributed by atoms with Crippen LogP contribution in [0, 0.1) is 0 Å². The molecule has 2 N–H and O–H groups in total. The van der Waals surface area contributed by atoms with Crippen molar-refractivity contribution >= 4 is 21.6 Å². The molecule has 5 nitrogen and oxygen atoms in total. The van der Waals surface area contributed by atoms with E-state index in [1.165, 1.54) is 0 Å². The zero-order chi connectivity index (χ0) is 13.2. The van der Waals surface area contributed by atoms with Crippen LogP contribution < -0.4 is 5.73 Å². The van der Waals surface area contributed by atoms with E-state index in [4.69, 9.17) is 10.3 Å². The number of hydrogen-bond donors (Lipinski definition) is 1. The molecule has 0 saturated heterocycles. The number of nitrogens with two attached hydrogens (primary N) is 1. The summed E-state index contributed by atoms with van der Waals surface area (Å²) in [4.78, 5) is 8.73. The number of aromatic nitrogens is 3. The first-order valence-electron chi connectivity index (χ1n) is 6.18. The van der Waals surface area contributed by atoms with E-state index >= 15 is 0 Å². The lowest BCUT2D eigenvalue weighted by Crippen LogP contribution is -2.21. The maximum Gasteiger partial charge on any atom is 0.228 e. The van der Waals surface area contributed by atoms with E-state index in [1.807, 2.05) is 24.4 Å². The third-order valence-corrected chi connectivity index (χ3v) is 3.84. The normalized spacial score (nSPS) is 12.9. The Hall–Kier alpha value is -1.79. The van der Waals surface area contributed by atoms with Crippen LogP contribution in [0.25, 0.3) is 21.6 Å². The predicted octanol–water partition coefficient (Wildman–Crippen LogP) is 2.63. The Balaban J connectivity index is 1.89. The summed E-state index contributed by atoms with van der Waals surface area (Å²) in [6.07, 6.45) is 3.27. The van der Waals surface area contributed by atoms with Crippen molar-refractivity contribution in [3.8, 4) is 11.4 Å². The first-order chi connectivity index (χ1) is 9.26. The number of nitrogens with zero attached hydrogens (tertiary/aromatic N) is 3. The van der Waals surface area contributed by atoms with Crippen molar-refractivity contribution in [3.05, 3.63) is 29.6 Å². The monoisotopic (exact) mass is 274 g/mol. The molecular formula is C13H14N4OS. The van der Waals surface area contributed by atoms with Crippen molar-refractivity contribution in [1.82, 2.24) is 15.1 Å². The van der Waals surface area contributed by atoms with Crippen molar-refractivity contribution in [2.24, 2.45) is 5.73 Å². The molecule has 3 heterocycles. The van der Waals surface area contributed by atoms with Crippen LogP contribution in [0.3, 0.4) is 0 Å². The molecule has 0 fully saturated rings. The fourth-order valence-corrected chi connectivity index (χ4v) is 2.57. The van der Waals surface area contributed by atoms with Gasteiger partial charge in [-0.1, -0.05) is 12.1 Å². The minimum atomic E-state index is 0.0613. The third-order valence-electron chi connectivity index (χ3n) is 2.99. The van der Waals surface area contributed by atoms with Crippen LogP contribution in [0.5, 0.6) is 0 Å². The zero-order valence-electron chi connectivity index (χ0n) is 10.5. The van der Waals surface area contributed by atoms with E-state index in [-0.39, 0.29) is 6.04 Å². The van der Waals surface area contributed by atoms with Gasteiger partial charge in [0.1, 0.15) is 0 Å². The molecule has 0 saturated carbocycles. The molecule has 0 aliphatic heterocycles. The molecule has 1 unspecified atom stereocenters. The van der Waals surface area contributed by atoms with Crippen molar-refractivity contribution < 1.29 is 4.52 Å². The second-order valence-corrected chi connectivity index (χ2v) is 5.36. The van der Waals surface area contributed by atoms with Crippen LogP contribution in [0.1, 0.15) is 19.2 Å². The molecule has 0 aromatic carbocycles. The van der Waals surface area contributed by atoms with E-state index in [9.17, 15) is 0 Å². The summed E-state index contributed by atoms with van der Waals surface area (Å²) in [5.74, 6) is 1.15. The van der Waals surface area contributed by atoms with E-state index < -0.39 is 0 Å². The highest BCUT2D eigenvalue weighted by Gasteiger charge is 2.12. The first-order valence-corrected chi connectivity index (χ1v) is 7.06. The van der Waals surface area contributed by atoms with Gasteiger partial charge >= 0.3 is 0 Å². The van der Waals surface area contributed by atoms with Gasteiger partial charge in [0.15, 0.2) is 0 Å². The van der Waals surface area contributed by atoms with Crippen LogP contribution in [0.15, 0.2) is 28.2 Å². The number of hydrogen-bond acceptors (Lipinski definition) is 6. The molecule has 0 bridgehead atoms. The predicted molar refractivity (Wildman–Crippen MR) is 74.9 cm³/mol. The number of thiophene rings is 1. The van der Waals surface area contributed by atoms with Crippen molar-refractivity contribution in [3.63, 3.8) is 0 Å². The minimum Gasteiger partial charge on any atom is -0.339 e. The molecule has 0 aliphatic rings. The lowest BCUT2D eigenvalue weighted by atomic mass is 10.2. The highest BCUT2D eigenvalue weighted by molar-refractivity contribution is 7.17. The van der Waals surface area contributed by atoms with Crippen LogP contribution in [-0.4, -0.2) is 21.2 Å². The maximum absolute atomic E-state index is 5.87. The first kappa shape index (κ1) is 12.3.